The largest absolute Gasteiger partial charge is 0.295 e. The van der Waals surface area contributed by atoms with E-state index in [1.54, 1.807) is 35.0 Å². The molecule has 1 aromatic heterocycles. The first-order valence-electron chi connectivity index (χ1n) is 8.75. The molecule has 0 aliphatic carbocycles. The van der Waals surface area contributed by atoms with Crippen LogP contribution in [0.4, 0.5) is 11.9 Å². The second-order valence-corrected chi connectivity index (χ2v) is 7.21. The molecule has 0 unspecified atom stereocenters. The van der Waals surface area contributed by atoms with E-state index in [9.17, 15) is 9.59 Å². The minimum atomic E-state index is -0.415. The van der Waals surface area contributed by atoms with Gasteiger partial charge in [-0.25, -0.2) is 4.68 Å². The van der Waals surface area contributed by atoms with Gasteiger partial charge < -0.3 is 0 Å². The number of nitrogens with zero attached hydrogens (tertiary/aromatic N) is 3. The van der Waals surface area contributed by atoms with E-state index in [2.05, 4.69) is 20.7 Å². The molecule has 0 saturated carbocycles. The third-order valence-electron chi connectivity index (χ3n) is 4.37. The summed E-state index contributed by atoms with van der Waals surface area (Å²) in [4.78, 5) is 28.5. The van der Waals surface area contributed by atoms with E-state index in [-0.39, 0.29) is 30.3 Å². The predicted molar refractivity (Wildman–Crippen MR) is 112 cm³/mol. The molecule has 0 bridgehead atoms. The van der Waals surface area contributed by atoms with Crippen molar-refractivity contribution in [3.05, 3.63) is 75.8 Å². The molecule has 2 N–H and O–H groups in total. The molecule has 29 heavy (non-hydrogen) atoms. The maximum absolute atomic E-state index is 12.2. The van der Waals surface area contributed by atoms with Gasteiger partial charge in [0.1, 0.15) is 0 Å². The summed E-state index contributed by atoms with van der Waals surface area (Å²) in [6.07, 6.45) is 3.15. The molecular formula is C20H15Cl2N5O2. The van der Waals surface area contributed by atoms with Gasteiger partial charge in [0.2, 0.25) is 11.9 Å². The van der Waals surface area contributed by atoms with Crippen molar-refractivity contribution >= 4 is 53.0 Å². The molecule has 1 atom stereocenters. The lowest BCUT2D eigenvalue weighted by Gasteiger charge is -2.23. The van der Waals surface area contributed by atoms with Crippen molar-refractivity contribution in [2.45, 2.75) is 12.5 Å². The molecule has 9 heteroatoms. The summed E-state index contributed by atoms with van der Waals surface area (Å²) < 4.78 is 1.58. The second-order valence-electron chi connectivity index (χ2n) is 6.37. The number of carbonyl (C=O) groups is 2. The molecule has 0 fully saturated rings. The molecule has 3 aromatic rings. The van der Waals surface area contributed by atoms with Crippen molar-refractivity contribution in [1.29, 1.82) is 0 Å². The number of anilines is 2. The van der Waals surface area contributed by atoms with Gasteiger partial charge in [-0.1, -0.05) is 53.5 Å². The van der Waals surface area contributed by atoms with Gasteiger partial charge in [-0.2, -0.15) is 4.98 Å². The second kappa shape index (κ2) is 8.06. The Kier molecular flexibility index (Phi) is 5.33. The Hall–Kier alpha value is -3.16. The van der Waals surface area contributed by atoms with Crippen LogP contribution < -0.4 is 10.6 Å². The highest BCUT2D eigenvalue weighted by molar-refractivity contribution is 6.32. The summed E-state index contributed by atoms with van der Waals surface area (Å²) in [5.74, 6) is -0.231. The molecule has 1 aliphatic heterocycles. The summed E-state index contributed by atoms with van der Waals surface area (Å²) in [6.45, 7) is 0. The Morgan fingerprint density at radius 1 is 1.17 bits per heavy atom. The molecule has 2 heterocycles. The van der Waals surface area contributed by atoms with E-state index in [1.165, 1.54) is 6.08 Å². The number of hydrogen-bond acceptors (Lipinski definition) is 4. The zero-order valence-electron chi connectivity index (χ0n) is 15.0. The number of nitrogens with one attached hydrogen (secondary N) is 2. The molecular weight excluding hydrogens is 413 g/mol. The third-order valence-corrected chi connectivity index (χ3v) is 4.96. The van der Waals surface area contributed by atoms with Crippen LogP contribution in [0.25, 0.3) is 6.08 Å². The summed E-state index contributed by atoms with van der Waals surface area (Å²) >= 11 is 12.0. The highest BCUT2D eigenvalue weighted by atomic mass is 35.5. The minimum Gasteiger partial charge on any atom is -0.295 e. The third kappa shape index (κ3) is 4.31. The SMILES string of the molecule is O=C(/C=C/c1ccccc1Cl)Nc1nc2n(n1)[C@H](c1ccc(Cl)cc1)CC(=O)N2. The number of carbonyl (C=O) groups excluding carboxylic acids is 2. The summed E-state index contributed by atoms with van der Waals surface area (Å²) in [7, 11) is 0. The lowest BCUT2D eigenvalue weighted by molar-refractivity contribution is -0.117. The smallest absolute Gasteiger partial charge is 0.250 e. The number of amides is 2. The number of fused-ring (bicyclic) bond motifs is 1. The van der Waals surface area contributed by atoms with Crippen LogP contribution in [0.1, 0.15) is 23.6 Å². The molecule has 2 aromatic carbocycles. The van der Waals surface area contributed by atoms with Gasteiger partial charge in [0.25, 0.3) is 11.9 Å². The highest BCUT2D eigenvalue weighted by Gasteiger charge is 2.29. The molecule has 0 spiro atoms. The van der Waals surface area contributed by atoms with Crippen molar-refractivity contribution in [3.8, 4) is 0 Å². The summed E-state index contributed by atoms with van der Waals surface area (Å²) in [5.41, 5.74) is 1.59. The van der Waals surface area contributed by atoms with Gasteiger partial charge in [-0.05, 0) is 35.4 Å². The van der Waals surface area contributed by atoms with Gasteiger partial charge in [-0.15, -0.1) is 5.10 Å². The van der Waals surface area contributed by atoms with Crippen molar-refractivity contribution in [2.75, 3.05) is 10.6 Å². The zero-order chi connectivity index (χ0) is 20.4. The predicted octanol–water partition coefficient (Wildman–Crippen LogP) is 4.17. The number of aromatic nitrogens is 3. The van der Waals surface area contributed by atoms with Crippen LogP contribution >= 0.6 is 23.2 Å². The van der Waals surface area contributed by atoms with Crippen LogP contribution in [0, 0.1) is 0 Å². The van der Waals surface area contributed by atoms with Crippen molar-refractivity contribution in [3.63, 3.8) is 0 Å². The van der Waals surface area contributed by atoms with Crippen LogP contribution in [0.15, 0.2) is 54.6 Å². The Balaban J connectivity index is 1.54. The molecule has 1 aliphatic rings. The van der Waals surface area contributed by atoms with E-state index in [0.717, 1.165) is 11.1 Å². The Bertz CT molecular complexity index is 1110. The Morgan fingerprint density at radius 3 is 2.69 bits per heavy atom. The number of hydrogen-bond donors (Lipinski definition) is 2. The van der Waals surface area contributed by atoms with E-state index in [0.29, 0.717) is 10.0 Å². The number of benzene rings is 2. The number of rotatable bonds is 4. The van der Waals surface area contributed by atoms with Crippen molar-refractivity contribution < 1.29 is 9.59 Å². The van der Waals surface area contributed by atoms with Crippen molar-refractivity contribution in [1.82, 2.24) is 14.8 Å². The lowest BCUT2D eigenvalue weighted by Crippen LogP contribution is -2.29. The first-order valence-corrected chi connectivity index (χ1v) is 9.50. The summed E-state index contributed by atoms with van der Waals surface area (Å²) in [6, 6.07) is 14.0. The molecule has 0 saturated heterocycles. The molecule has 7 nitrogen and oxygen atoms in total. The van der Waals surface area contributed by atoms with E-state index < -0.39 is 5.91 Å². The first kappa shape index (κ1) is 19.2. The fourth-order valence-electron chi connectivity index (χ4n) is 2.99. The van der Waals surface area contributed by atoms with E-state index in [1.807, 2.05) is 24.3 Å². The van der Waals surface area contributed by atoms with Crippen LogP contribution in [-0.4, -0.2) is 26.6 Å². The zero-order valence-corrected chi connectivity index (χ0v) is 16.5. The van der Waals surface area contributed by atoms with Crippen LogP contribution in [0.2, 0.25) is 10.0 Å². The standard InChI is InChI=1S/C20H15Cl2N5O2/c21-14-8-5-13(6-9-14)16-11-18(29)24-20-25-19(26-27(16)20)23-17(28)10-7-12-3-1-2-4-15(12)22/h1-10,16H,11H2,(H2,23,24,25,26,28,29)/b10-7+/t16-/m0/s1. The minimum absolute atomic E-state index is 0.0926. The normalized spacial score (nSPS) is 15.8. The van der Waals surface area contributed by atoms with Crippen LogP contribution in [0.3, 0.4) is 0 Å². The molecule has 4 rings (SSSR count). The summed E-state index contributed by atoms with van der Waals surface area (Å²) in [5, 5.41) is 10.8. The Morgan fingerprint density at radius 2 is 1.93 bits per heavy atom. The van der Waals surface area contributed by atoms with Crippen LogP contribution in [0.5, 0.6) is 0 Å². The van der Waals surface area contributed by atoms with E-state index >= 15 is 0 Å². The van der Waals surface area contributed by atoms with Gasteiger partial charge in [0.05, 0.1) is 12.5 Å². The van der Waals surface area contributed by atoms with Gasteiger partial charge in [-0.3, -0.25) is 20.2 Å². The maximum atomic E-state index is 12.2. The molecule has 0 radical (unpaired) electrons. The first-order chi connectivity index (χ1) is 14.0. The fourth-order valence-corrected chi connectivity index (χ4v) is 3.31. The average molecular weight is 428 g/mol. The van der Waals surface area contributed by atoms with Crippen molar-refractivity contribution in [2.24, 2.45) is 0 Å². The topological polar surface area (TPSA) is 88.9 Å². The highest BCUT2D eigenvalue weighted by Crippen LogP contribution is 2.30. The van der Waals surface area contributed by atoms with E-state index in [4.69, 9.17) is 23.2 Å². The average Bonchev–Trinajstić information content (AvgIpc) is 3.09. The number of halogens is 2. The van der Waals surface area contributed by atoms with Gasteiger partial charge >= 0.3 is 0 Å². The Labute approximate surface area is 176 Å². The monoisotopic (exact) mass is 427 g/mol. The lowest BCUT2D eigenvalue weighted by atomic mass is 10.0. The van der Waals surface area contributed by atoms with Gasteiger partial charge in [0, 0.05) is 16.1 Å². The maximum Gasteiger partial charge on any atom is 0.250 e. The van der Waals surface area contributed by atoms with Crippen LogP contribution in [-0.2, 0) is 9.59 Å². The van der Waals surface area contributed by atoms with Gasteiger partial charge in [0.15, 0.2) is 0 Å². The quantitative estimate of drug-likeness (QED) is 0.611. The fraction of sp³-hybridized carbons (Fsp3) is 0.100. The molecule has 2 amide bonds. The molecule has 146 valence electrons.